The molecule has 0 aliphatic rings. The minimum Gasteiger partial charge on any atom is -0.392 e. The molecule has 0 amide bonds. The number of halogens is 2. The summed E-state index contributed by atoms with van der Waals surface area (Å²) in [6, 6.07) is 8.02. The maximum absolute atomic E-state index is 13.5. The summed E-state index contributed by atoms with van der Waals surface area (Å²) in [5.41, 5.74) is 1.41. The third-order valence-electron chi connectivity index (χ3n) is 2.68. The molecule has 1 unspecified atom stereocenters. The molecule has 2 nitrogen and oxygen atoms in total. The van der Waals surface area contributed by atoms with E-state index in [-0.39, 0.29) is 12.2 Å². The lowest BCUT2D eigenvalue weighted by atomic mass is 10.0. The Balaban J connectivity index is 2.03. The predicted molar refractivity (Wildman–Crippen MR) is 69.1 cm³/mol. The van der Waals surface area contributed by atoms with Crippen molar-refractivity contribution in [2.75, 3.05) is 0 Å². The monoisotopic (exact) mass is 265 g/mol. The van der Waals surface area contributed by atoms with Crippen LogP contribution in [-0.2, 0) is 12.8 Å². The normalized spacial score (nSPS) is 12.4. The van der Waals surface area contributed by atoms with Crippen molar-refractivity contribution in [1.29, 1.82) is 0 Å². The van der Waals surface area contributed by atoms with Gasteiger partial charge in [0.05, 0.1) is 6.10 Å². The molecule has 18 heavy (non-hydrogen) atoms. The predicted octanol–water partition coefficient (Wildman–Crippen LogP) is 3.02. The van der Waals surface area contributed by atoms with Crippen molar-refractivity contribution >= 4 is 11.6 Å². The highest BCUT2D eigenvalue weighted by Gasteiger charge is 2.10. The van der Waals surface area contributed by atoms with Gasteiger partial charge in [-0.25, -0.2) is 4.39 Å². The van der Waals surface area contributed by atoms with Crippen LogP contribution in [0.4, 0.5) is 4.39 Å². The fraction of sp³-hybridized carbons (Fsp3) is 0.214. The molecule has 0 saturated carbocycles. The fourth-order valence-electron chi connectivity index (χ4n) is 1.82. The Hall–Kier alpha value is -1.45. The summed E-state index contributed by atoms with van der Waals surface area (Å²) in [6.07, 6.45) is 3.41. The van der Waals surface area contributed by atoms with Gasteiger partial charge in [-0.2, -0.15) is 0 Å². The molecule has 0 radical (unpaired) electrons. The van der Waals surface area contributed by atoms with E-state index < -0.39 is 6.10 Å². The van der Waals surface area contributed by atoms with Crippen LogP contribution >= 0.6 is 11.6 Å². The Morgan fingerprint density at radius 2 is 1.89 bits per heavy atom. The Morgan fingerprint density at radius 3 is 2.61 bits per heavy atom. The maximum Gasteiger partial charge on any atom is 0.126 e. The molecule has 1 N–H and O–H groups in total. The van der Waals surface area contributed by atoms with Crippen LogP contribution in [0.25, 0.3) is 0 Å². The fourth-order valence-corrected chi connectivity index (χ4v) is 2.01. The van der Waals surface area contributed by atoms with Gasteiger partial charge in [-0.05, 0) is 47.9 Å². The van der Waals surface area contributed by atoms with Crippen LogP contribution in [-0.4, -0.2) is 16.2 Å². The number of rotatable bonds is 4. The highest BCUT2D eigenvalue weighted by atomic mass is 35.5. The zero-order chi connectivity index (χ0) is 13.0. The Labute approximate surface area is 110 Å². The van der Waals surface area contributed by atoms with Gasteiger partial charge in [0.1, 0.15) is 5.82 Å². The highest BCUT2D eigenvalue weighted by Crippen LogP contribution is 2.17. The van der Waals surface area contributed by atoms with Crippen LogP contribution in [0.3, 0.4) is 0 Å². The quantitative estimate of drug-likeness (QED) is 0.922. The summed E-state index contributed by atoms with van der Waals surface area (Å²) < 4.78 is 13.5. The van der Waals surface area contributed by atoms with Gasteiger partial charge < -0.3 is 5.11 Å². The first kappa shape index (κ1) is 13.0. The van der Waals surface area contributed by atoms with Crippen molar-refractivity contribution in [1.82, 2.24) is 4.98 Å². The molecule has 0 fully saturated rings. The van der Waals surface area contributed by atoms with Gasteiger partial charge in [0.25, 0.3) is 0 Å². The molecular formula is C14H13ClFNO. The second-order valence-electron chi connectivity index (χ2n) is 4.15. The van der Waals surface area contributed by atoms with E-state index in [4.69, 9.17) is 11.6 Å². The lowest BCUT2D eigenvalue weighted by Crippen LogP contribution is -2.14. The van der Waals surface area contributed by atoms with Crippen molar-refractivity contribution in [2.45, 2.75) is 18.9 Å². The third-order valence-corrected chi connectivity index (χ3v) is 2.92. The van der Waals surface area contributed by atoms with Crippen molar-refractivity contribution in [3.63, 3.8) is 0 Å². The van der Waals surface area contributed by atoms with Crippen LogP contribution in [0.1, 0.15) is 11.1 Å². The van der Waals surface area contributed by atoms with Crippen LogP contribution in [0.15, 0.2) is 42.7 Å². The minimum atomic E-state index is -0.639. The zero-order valence-corrected chi connectivity index (χ0v) is 10.4. The maximum atomic E-state index is 13.5. The summed E-state index contributed by atoms with van der Waals surface area (Å²) >= 11 is 5.80. The smallest absolute Gasteiger partial charge is 0.126 e. The second kappa shape index (κ2) is 5.94. The third kappa shape index (κ3) is 3.52. The molecular weight excluding hydrogens is 253 g/mol. The van der Waals surface area contributed by atoms with Crippen LogP contribution in [0.5, 0.6) is 0 Å². The molecule has 4 heteroatoms. The van der Waals surface area contributed by atoms with Crippen LogP contribution in [0.2, 0.25) is 5.02 Å². The zero-order valence-electron chi connectivity index (χ0n) is 9.68. The van der Waals surface area contributed by atoms with Gasteiger partial charge in [-0.3, -0.25) is 4.98 Å². The van der Waals surface area contributed by atoms with Crippen molar-refractivity contribution in [2.24, 2.45) is 0 Å². The van der Waals surface area contributed by atoms with Gasteiger partial charge in [0.2, 0.25) is 0 Å². The van der Waals surface area contributed by atoms with Crippen molar-refractivity contribution < 1.29 is 9.50 Å². The van der Waals surface area contributed by atoms with Crippen LogP contribution in [0, 0.1) is 5.82 Å². The Kier molecular flexibility index (Phi) is 4.28. The first-order valence-electron chi connectivity index (χ1n) is 5.66. The molecule has 0 bridgehead atoms. The molecule has 1 heterocycles. The standard InChI is InChI=1S/C14H13ClFNO/c15-12-1-2-14(16)11(8-12)9-13(18)7-10-3-5-17-6-4-10/h1-6,8,13,18H,7,9H2. The molecule has 1 atom stereocenters. The number of benzene rings is 1. The topological polar surface area (TPSA) is 33.1 Å². The van der Waals surface area contributed by atoms with Gasteiger partial charge >= 0.3 is 0 Å². The average Bonchev–Trinajstić information content (AvgIpc) is 2.35. The van der Waals surface area contributed by atoms with Crippen molar-refractivity contribution in [3.8, 4) is 0 Å². The van der Waals surface area contributed by atoms with Gasteiger partial charge in [0.15, 0.2) is 0 Å². The van der Waals surface area contributed by atoms with E-state index in [9.17, 15) is 9.50 Å². The van der Waals surface area contributed by atoms with E-state index in [1.165, 1.54) is 12.1 Å². The summed E-state index contributed by atoms with van der Waals surface area (Å²) in [6.45, 7) is 0. The van der Waals surface area contributed by atoms with E-state index in [2.05, 4.69) is 4.98 Å². The molecule has 2 aromatic rings. The van der Waals surface area contributed by atoms with E-state index >= 15 is 0 Å². The SMILES string of the molecule is OC(Cc1ccncc1)Cc1cc(Cl)ccc1F. The molecule has 1 aromatic carbocycles. The Bertz CT molecular complexity index is 518. The number of pyridine rings is 1. The number of hydrogen-bond donors (Lipinski definition) is 1. The number of hydrogen-bond acceptors (Lipinski definition) is 2. The van der Waals surface area contributed by atoms with Gasteiger partial charge in [0, 0.05) is 23.8 Å². The van der Waals surface area contributed by atoms with E-state index in [0.29, 0.717) is 17.0 Å². The number of aliphatic hydroxyl groups is 1. The molecule has 0 spiro atoms. The first-order chi connectivity index (χ1) is 8.65. The molecule has 0 aliphatic heterocycles. The number of nitrogens with zero attached hydrogens (tertiary/aromatic N) is 1. The summed E-state index contributed by atoms with van der Waals surface area (Å²) in [7, 11) is 0. The largest absolute Gasteiger partial charge is 0.392 e. The minimum absolute atomic E-state index is 0.245. The van der Waals surface area contributed by atoms with Crippen molar-refractivity contribution in [3.05, 3.63) is 64.7 Å². The second-order valence-corrected chi connectivity index (χ2v) is 4.59. The number of aromatic nitrogens is 1. The molecule has 0 saturated heterocycles. The summed E-state index contributed by atoms with van der Waals surface area (Å²) in [4.78, 5) is 3.90. The molecule has 1 aromatic heterocycles. The number of aliphatic hydroxyl groups excluding tert-OH is 1. The molecule has 94 valence electrons. The lowest BCUT2D eigenvalue weighted by molar-refractivity contribution is 0.174. The van der Waals surface area contributed by atoms with Crippen LogP contribution < -0.4 is 0 Å². The summed E-state index contributed by atoms with van der Waals surface area (Å²) in [5.74, 6) is -0.340. The summed E-state index contributed by atoms with van der Waals surface area (Å²) in [5, 5.41) is 10.4. The van der Waals surface area contributed by atoms with E-state index in [1.54, 1.807) is 18.5 Å². The van der Waals surface area contributed by atoms with E-state index in [0.717, 1.165) is 5.56 Å². The first-order valence-corrected chi connectivity index (χ1v) is 6.04. The Morgan fingerprint density at radius 1 is 1.17 bits per heavy atom. The molecule has 0 aliphatic carbocycles. The highest BCUT2D eigenvalue weighted by molar-refractivity contribution is 6.30. The lowest BCUT2D eigenvalue weighted by Gasteiger charge is -2.11. The van der Waals surface area contributed by atoms with Gasteiger partial charge in [-0.1, -0.05) is 11.6 Å². The molecule has 2 rings (SSSR count). The average molecular weight is 266 g/mol. The van der Waals surface area contributed by atoms with Gasteiger partial charge in [-0.15, -0.1) is 0 Å². The van der Waals surface area contributed by atoms with E-state index in [1.807, 2.05) is 12.1 Å².